The Morgan fingerprint density at radius 3 is 2.34 bits per heavy atom. The van der Waals surface area contributed by atoms with E-state index in [9.17, 15) is 9.50 Å². The highest BCUT2D eigenvalue weighted by atomic mass is 35.5. The monoisotopic (exact) mass is 478 g/mol. The van der Waals surface area contributed by atoms with Gasteiger partial charge in [-0.05, 0) is 35.4 Å². The predicted molar refractivity (Wildman–Crippen MR) is 119 cm³/mol. The van der Waals surface area contributed by atoms with Gasteiger partial charge >= 0.3 is 0 Å². The number of ether oxygens (including phenoxy) is 1. The number of aliphatic hydroxyl groups excluding tert-OH is 1. The number of pyridine rings is 1. The maximum Gasteiger partial charge on any atom is 0.142 e. The van der Waals surface area contributed by atoms with E-state index in [2.05, 4.69) is 4.98 Å². The molecule has 1 aromatic heterocycles. The molecule has 0 bridgehead atoms. The molecule has 0 radical (unpaired) electrons. The minimum absolute atomic E-state index is 0. The van der Waals surface area contributed by atoms with E-state index in [1.807, 2.05) is 0 Å². The van der Waals surface area contributed by atoms with E-state index < -0.39 is 18.0 Å². The standard InChI is InChI=1S/C20H17Cl2FN2O2.2ClH/c1-27-18-8-11(13-6-14(23)10-25-9-13)2-4-15(18)20(26)19(24)12-3-5-16(21)17(22)7-12;;/h2-10,19-20,26H,24H2,1H3;2*1H/t19-,20+;;/m1../s1. The highest BCUT2D eigenvalue weighted by molar-refractivity contribution is 6.42. The number of nitrogens with zero attached hydrogens (tertiary/aromatic N) is 1. The van der Waals surface area contributed by atoms with E-state index in [0.717, 1.165) is 6.20 Å². The summed E-state index contributed by atoms with van der Waals surface area (Å²) in [5, 5.41) is 11.5. The predicted octanol–water partition coefficient (Wildman–Crippen LogP) is 5.78. The Labute approximate surface area is 190 Å². The molecule has 0 saturated heterocycles. The summed E-state index contributed by atoms with van der Waals surface area (Å²) in [4.78, 5) is 3.85. The second-order valence-corrected chi connectivity index (χ2v) is 6.81. The van der Waals surface area contributed by atoms with Crippen LogP contribution in [0.4, 0.5) is 4.39 Å². The van der Waals surface area contributed by atoms with Crippen molar-refractivity contribution >= 4 is 48.0 Å². The minimum atomic E-state index is -1.04. The largest absolute Gasteiger partial charge is 0.496 e. The molecule has 2 aromatic carbocycles. The summed E-state index contributed by atoms with van der Waals surface area (Å²) < 4.78 is 18.8. The average molecular weight is 480 g/mol. The Kier molecular flexibility index (Phi) is 9.62. The molecule has 2 atom stereocenters. The van der Waals surface area contributed by atoms with Crippen LogP contribution in [0.15, 0.2) is 54.9 Å². The lowest BCUT2D eigenvalue weighted by atomic mass is 9.94. The van der Waals surface area contributed by atoms with E-state index in [0.29, 0.717) is 38.0 Å². The zero-order valence-corrected chi connectivity index (χ0v) is 18.3. The molecule has 4 nitrogen and oxygen atoms in total. The number of rotatable bonds is 5. The SMILES string of the molecule is COc1cc(-c2cncc(F)c2)ccc1[C@H](O)[C@H](N)c1ccc(Cl)c(Cl)c1.Cl.Cl. The number of hydrogen-bond donors (Lipinski definition) is 2. The lowest BCUT2D eigenvalue weighted by molar-refractivity contribution is 0.143. The Morgan fingerprint density at radius 2 is 1.72 bits per heavy atom. The topological polar surface area (TPSA) is 68.4 Å². The van der Waals surface area contributed by atoms with E-state index >= 15 is 0 Å². The summed E-state index contributed by atoms with van der Waals surface area (Å²) in [5.41, 5.74) is 8.66. The van der Waals surface area contributed by atoms with Gasteiger partial charge in [-0.2, -0.15) is 0 Å². The normalized spacial score (nSPS) is 12.3. The molecule has 3 aromatic rings. The van der Waals surface area contributed by atoms with Crippen molar-refractivity contribution in [3.05, 3.63) is 81.8 Å². The van der Waals surface area contributed by atoms with Crippen LogP contribution in [-0.4, -0.2) is 17.2 Å². The number of nitrogens with two attached hydrogens (primary N) is 1. The Bertz CT molecular complexity index is 975. The molecular weight excluding hydrogens is 461 g/mol. The van der Waals surface area contributed by atoms with Crippen LogP contribution in [0.1, 0.15) is 23.3 Å². The molecule has 9 heteroatoms. The first-order valence-electron chi connectivity index (χ1n) is 8.08. The summed E-state index contributed by atoms with van der Waals surface area (Å²) in [7, 11) is 1.49. The lowest BCUT2D eigenvalue weighted by Gasteiger charge is -2.22. The molecule has 29 heavy (non-hydrogen) atoms. The summed E-state index contributed by atoms with van der Waals surface area (Å²) in [5.74, 6) is -0.00279. The van der Waals surface area contributed by atoms with Crippen LogP contribution >= 0.6 is 48.0 Å². The Morgan fingerprint density at radius 1 is 1.00 bits per heavy atom. The van der Waals surface area contributed by atoms with Crippen molar-refractivity contribution in [1.82, 2.24) is 4.98 Å². The number of benzene rings is 2. The number of halogens is 5. The van der Waals surface area contributed by atoms with Crippen molar-refractivity contribution in [2.45, 2.75) is 12.1 Å². The van der Waals surface area contributed by atoms with Crippen molar-refractivity contribution in [2.24, 2.45) is 5.73 Å². The number of hydrogen-bond acceptors (Lipinski definition) is 4. The molecule has 0 unspecified atom stereocenters. The van der Waals surface area contributed by atoms with Gasteiger partial charge < -0.3 is 15.6 Å². The highest BCUT2D eigenvalue weighted by Gasteiger charge is 2.23. The lowest BCUT2D eigenvalue weighted by Crippen LogP contribution is -2.20. The zero-order chi connectivity index (χ0) is 19.6. The third-order valence-corrected chi connectivity index (χ3v) is 5.00. The summed E-state index contributed by atoms with van der Waals surface area (Å²) in [6.45, 7) is 0. The molecule has 0 aliphatic rings. The van der Waals surface area contributed by atoms with Crippen molar-refractivity contribution in [1.29, 1.82) is 0 Å². The van der Waals surface area contributed by atoms with Crippen molar-refractivity contribution in [3.8, 4) is 16.9 Å². The second kappa shape index (κ2) is 11.0. The van der Waals surface area contributed by atoms with Crippen LogP contribution in [0.2, 0.25) is 10.0 Å². The quantitative estimate of drug-likeness (QED) is 0.486. The van der Waals surface area contributed by atoms with Gasteiger partial charge in [0.05, 0.1) is 29.4 Å². The molecular formula is C20H19Cl4FN2O2. The van der Waals surface area contributed by atoms with Gasteiger partial charge in [-0.3, -0.25) is 4.98 Å². The highest BCUT2D eigenvalue weighted by Crippen LogP contribution is 2.37. The average Bonchev–Trinajstić information content (AvgIpc) is 2.68. The van der Waals surface area contributed by atoms with Crippen molar-refractivity contribution in [2.75, 3.05) is 7.11 Å². The maximum absolute atomic E-state index is 13.4. The first kappa shape index (κ1) is 25.4. The maximum atomic E-state index is 13.4. The smallest absolute Gasteiger partial charge is 0.142 e. The van der Waals surface area contributed by atoms with Gasteiger partial charge in [0.1, 0.15) is 17.7 Å². The number of aromatic nitrogens is 1. The molecule has 0 aliphatic heterocycles. The molecule has 3 rings (SSSR count). The van der Waals surface area contributed by atoms with Crippen LogP contribution in [0, 0.1) is 5.82 Å². The van der Waals surface area contributed by atoms with Gasteiger partial charge in [-0.15, -0.1) is 24.8 Å². The fraction of sp³-hybridized carbons (Fsp3) is 0.150. The van der Waals surface area contributed by atoms with Gasteiger partial charge in [0.2, 0.25) is 0 Å². The van der Waals surface area contributed by atoms with Crippen LogP contribution in [-0.2, 0) is 0 Å². The van der Waals surface area contributed by atoms with Gasteiger partial charge in [0, 0.05) is 17.3 Å². The van der Waals surface area contributed by atoms with Crippen LogP contribution < -0.4 is 10.5 Å². The molecule has 1 heterocycles. The Hall–Kier alpha value is -1.60. The minimum Gasteiger partial charge on any atom is -0.496 e. The van der Waals surface area contributed by atoms with Gasteiger partial charge in [0.15, 0.2) is 0 Å². The molecule has 156 valence electrons. The Balaban J connectivity index is 0.00000210. The molecule has 0 spiro atoms. The van der Waals surface area contributed by atoms with E-state index in [1.54, 1.807) is 42.6 Å². The molecule has 0 saturated carbocycles. The van der Waals surface area contributed by atoms with E-state index in [4.69, 9.17) is 33.7 Å². The van der Waals surface area contributed by atoms with Gasteiger partial charge in [0.25, 0.3) is 0 Å². The summed E-state index contributed by atoms with van der Waals surface area (Å²) in [6, 6.07) is 10.7. The summed E-state index contributed by atoms with van der Waals surface area (Å²) in [6.07, 6.45) is 1.64. The number of aliphatic hydroxyl groups is 1. The van der Waals surface area contributed by atoms with Crippen LogP contribution in [0.3, 0.4) is 0 Å². The van der Waals surface area contributed by atoms with E-state index in [1.165, 1.54) is 13.2 Å². The third-order valence-electron chi connectivity index (χ3n) is 4.26. The molecule has 0 fully saturated rings. The zero-order valence-electron chi connectivity index (χ0n) is 15.2. The first-order valence-corrected chi connectivity index (χ1v) is 8.83. The van der Waals surface area contributed by atoms with Crippen molar-refractivity contribution < 1.29 is 14.2 Å². The van der Waals surface area contributed by atoms with Crippen LogP contribution in [0.5, 0.6) is 5.75 Å². The first-order chi connectivity index (χ1) is 12.9. The fourth-order valence-corrected chi connectivity index (χ4v) is 3.11. The molecule has 0 amide bonds. The molecule has 3 N–H and O–H groups in total. The summed E-state index contributed by atoms with van der Waals surface area (Å²) >= 11 is 12.0. The number of methoxy groups -OCH3 is 1. The van der Waals surface area contributed by atoms with Crippen molar-refractivity contribution in [3.63, 3.8) is 0 Å². The van der Waals surface area contributed by atoms with Gasteiger partial charge in [-0.1, -0.05) is 41.4 Å². The second-order valence-electron chi connectivity index (χ2n) is 5.99. The fourth-order valence-electron chi connectivity index (χ4n) is 2.80. The molecule has 0 aliphatic carbocycles. The van der Waals surface area contributed by atoms with Crippen LogP contribution in [0.25, 0.3) is 11.1 Å². The third kappa shape index (κ3) is 5.72. The van der Waals surface area contributed by atoms with Gasteiger partial charge in [-0.25, -0.2) is 4.39 Å². The van der Waals surface area contributed by atoms with E-state index in [-0.39, 0.29) is 24.8 Å².